The van der Waals surface area contributed by atoms with Gasteiger partial charge in [0.25, 0.3) is 0 Å². The van der Waals surface area contributed by atoms with Crippen LogP contribution in [0.3, 0.4) is 0 Å². The summed E-state index contributed by atoms with van der Waals surface area (Å²) in [5.41, 5.74) is 0.334. The number of hydrogen-bond donors (Lipinski definition) is 1. The Balaban J connectivity index is 2.32. The first-order chi connectivity index (χ1) is 10.1. The molecule has 0 amide bonds. The van der Waals surface area contributed by atoms with Crippen LogP contribution in [0.2, 0.25) is 0 Å². The normalized spacial score (nSPS) is 10.6. The maximum atomic E-state index is 13.3. The Morgan fingerprint density at radius 1 is 1.19 bits per heavy atom. The minimum absolute atomic E-state index is 0.334. The maximum Gasteiger partial charge on any atom is 0.328 e. The Hall–Kier alpha value is -2.82. The third-order valence-electron chi connectivity index (χ3n) is 2.65. The van der Waals surface area contributed by atoms with Gasteiger partial charge in [0.1, 0.15) is 23.1 Å². The van der Waals surface area contributed by atoms with Crippen LogP contribution < -0.4 is 9.47 Å². The fourth-order valence-electron chi connectivity index (χ4n) is 1.70. The zero-order valence-electron chi connectivity index (χ0n) is 11.2. The zero-order chi connectivity index (χ0) is 15.2. The van der Waals surface area contributed by atoms with Crippen molar-refractivity contribution in [2.75, 3.05) is 7.11 Å². The molecular formula is C16H13FO4. The van der Waals surface area contributed by atoms with E-state index >= 15 is 0 Å². The van der Waals surface area contributed by atoms with E-state index in [0.29, 0.717) is 22.8 Å². The van der Waals surface area contributed by atoms with Gasteiger partial charge in [-0.1, -0.05) is 6.07 Å². The fourth-order valence-corrected chi connectivity index (χ4v) is 1.70. The monoisotopic (exact) mass is 288 g/mol. The number of hydrogen-bond acceptors (Lipinski definition) is 3. The predicted octanol–water partition coefficient (Wildman–Crippen LogP) is 3.72. The predicted molar refractivity (Wildman–Crippen MR) is 76.1 cm³/mol. The molecule has 0 aliphatic carbocycles. The van der Waals surface area contributed by atoms with Crippen LogP contribution in [0.25, 0.3) is 6.08 Å². The van der Waals surface area contributed by atoms with Gasteiger partial charge in [0, 0.05) is 17.7 Å². The van der Waals surface area contributed by atoms with E-state index in [9.17, 15) is 9.18 Å². The molecular weight excluding hydrogens is 275 g/mol. The summed E-state index contributed by atoms with van der Waals surface area (Å²) in [6, 6.07) is 10.8. The SMILES string of the molecule is COc1cccc(Oc2ccc(F)cc2/C=C/C(=O)O)c1. The standard InChI is InChI=1S/C16H13FO4/c1-20-13-3-2-4-14(10-13)21-15-7-6-12(17)9-11(15)5-8-16(18)19/h2-10H,1H3,(H,18,19)/b8-5+. The van der Waals surface area contributed by atoms with E-state index in [4.69, 9.17) is 14.6 Å². The highest BCUT2D eigenvalue weighted by Crippen LogP contribution is 2.29. The van der Waals surface area contributed by atoms with Gasteiger partial charge in [0.2, 0.25) is 0 Å². The number of carboxylic acids is 1. The highest BCUT2D eigenvalue weighted by Gasteiger charge is 2.06. The molecule has 4 nitrogen and oxygen atoms in total. The fraction of sp³-hybridized carbons (Fsp3) is 0.0625. The Morgan fingerprint density at radius 3 is 2.67 bits per heavy atom. The lowest BCUT2D eigenvalue weighted by Crippen LogP contribution is -1.91. The second-order valence-electron chi connectivity index (χ2n) is 4.13. The molecule has 0 aromatic heterocycles. The minimum atomic E-state index is -1.12. The van der Waals surface area contributed by atoms with Crippen LogP contribution in [-0.4, -0.2) is 18.2 Å². The number of benzene rings is 2. The van der Waals surface area contributed by atoms with Crippen molar-refractivity contribution in [3.63, 3.8) is 0 Å². The summed E-state index contributed by atoms with van der Waals surface area (Å²) in [6.45, 7) is 0. The number of ether oxygens (including phenoxy) is 2. The first kappa shape index (κ1) is 14.6. The van der Waals surface area contributed by atoms with E-state index in [1.807, 2.05) is 0 Å². The molecule has 5 heteroatoms. The van der Waals surface area contributed by atoms with Crippen molar-refractivity contribution in [2.24, 2.45) is 0 Å². The number of rotatable bonds is 5. The average Bonchev–Trinajstić information content (AvgIpc) is 2.47. The maximum absolute atomic E-state index is 13.3. The second kappa shape index (κ2) is 6.56. The molecule has 0 unspecified atom stereocenters. The second-order valence-corrected chi connectivity index (χ2v) is 4.13. The first-order valence-corrected chi connectivity index (χ1v) is 6.11. The summed E-state index contributed by atoms with van der Waals surface area (Å²) >= 11 is 0. The van der Waals surface area contributed by atoms with Crippen LogP contribution in [0, 0.1) is 5.82 Å². The summed E-state index contributed by atoms with van der Waals surface area (Å²) in [4.78, 5) is 10.6. The molecule has 21 heavy (non-hydrogen) atoms. The van der Waals surface area contributed by atoms with Gasteiger partial charge in [-0.25, -0.2) is 9.18 Å². The van der Waals surface area contributed by atoms with Crippen molar-refractivity contribution in [3.8, 4) is 17.2 Å². The lowest BCUT2D eigenvalue weighted by atomic mass is 10.2. The van der Waals surface area contributed by atoms with E-state index in [-0.39, 0.29) is 0 Å². The number of carboxylic acid groups (broad SMARTS) is 1. The van der Waals surface area contributed by atoms with Gasteiger partial charge in [-0.3, -0.25) is 0 Å². The van der Waals surface area contributed by atoms with E-state index in [1.54, 1.807) is 24.3 Å². The zero-order valence-corrected chi connectivity index (χ0v) is 11.2. The smallest absolute Gasteiger partial charge is 0.328 e. The van der Waals surface area contributed by atoms with E-state index in [0.717, 1.165) is 6.08 Å². The quantitative estimate of drug-likeness (QED) is 0.852. The molecule has 0 heterocycles. The molecule has 0 fully saturated rings. The molecule has 0 aliphatic rings. The molecule has 2 aromatic rings. The molecule has 0 atom stereocenters. The highest BCUT2D eigenvalue weighted by molar-refractivity contribution is 5.85. The first-order valence-electron chi connectivity index (χ1n) is 6.11. The Labute approximate surface area is 121 Å². The van der Waals surface area contributed by atoms with Crippen molar-refractivity contribution in [1.82, 2.24) is 0 Å². The topological polar surface area (TPSA) is 55.8 Å². The Morgan fingerprint density at radius 2 is 1.95 bits per heavy atom. The van der Waals surface area contributed by atoms with Gasteiger partial charge < -0.3 is 14.6 Å². The number of halogens is 1. The molecule has 1 N–H and O–H groups in total. The Bertz CT molecular complexity index is 680. The number of carbonyl (C=O) groups is 1. The van der Waals surface area contributed by atoms with Crippen molar-refractivity contribution in [1.29, 1.82) is 0 Å². The van der Waals surface area contributed by atoms with Crippen LogP contribution in [0.15, 0.2) is 48.5 Å². The summed E-state index contributed by atoms with van der Waals surface area (Å²) < 4.78 is 24.0. The molecule has 2 aromatic carbocycles. The highest BCUT2D eigenvalue weighted by atomic mass is 19.1. The van der Waals surface area contributed by atoms with E-state index in [2.05, 4.69) is 0 Å². The third-order valence-corrected chi connectivity index (χ3v) is 2.65. The minimum Gasteiger partial charge on any atom is -0.497 e. The van der Waals surface area contributed by atoms with Crippen molar-refractivity contribution >= 4 is 12.0 Å². The van der Waals surface area contributed by atoms with Crippen LogP contribution >= 0.6 is 0 Å². The average molecular weight is 288 g/mol. The van der Waals surface area contributed by atoms with Gasteiger partial charge in [-0.2, -0.15) is 0 Å². The van der Waals surface area contributed by atoms with Crippen molar-refractivity contribution in [3.05, 3.63) is 59.9 Å². The van der Waals surface area contributed by atoms with Crippen molar-refractivity contribution in [2.45, 2.75) is 0 Å². The van der Waals surface area contributed by atoms with Gasteiger partial charge in [0.15, 0.2) is 0 Å². The summed E-state index contributed by atoms with van der Waals surface area (Å²) in [5, 5.41) is 8.66. The van der Waals surface area contributed by atoms with Crippen molar-refractivity contribution < 1.29 is 23.8 Å². The summed E-state index contributed by atoms with van der Waals surface area (Å²) in [5.74, 6) is -0.116. The molecule has 2 rings (SSSR count). The molecule has 0 saturated heterocycles. The van der Waals surface area contributed by atoms with Crippen LogP contribution in [0.1, 0.15) is 5.56 Å². The van der Waals surface area contributed by atoms with Gasteiger partial charge in [-0.05, 0) is 36.4 Å². The lowest BCUT2D eigenvalue weighted by molar-refractivity contribution is -0.131. The van der Waals surface area contributed by atoms with E-state index < -0.39 is 11.8 Å². The Kier molecular flexibility index (Phi) is 4.56. The van der Waals surface area contributed by atoms with Gasteiger partial charge >= 0.3 is 5.97 Å². The molecule has 108 valence electrons. The molecule has 0 bridgehead atoms. The van der Waals surface area contributed by atoms with Gasteiger partial charge in [0.05, 0.1) is 7.11 Å². The number of aliphatic carboxylic acids is 1. The summed E-state index contributed by atoms with van der Waals surface area (Å²) in [7, 11) is 1.54. The summed E-state index contributed by atoms with van der Waals surface area (Å²) in [6.07, 6.45) is 2.20. The van der Waals surface area contributed by atoms with Gasteiger partial charge in [-0.15, -0.1) is 0 Å². The van der Waals surface area contributed by atoms with Crippen LogP contribution in [0.4, 0.5) is 4.39 Å². The lowest BCUT2D eigenvalue weighted by Gasteiger charge is -2.10. The molecule has 0 saturated carbocycles. The number of methoxy groups -OCH3 is 1. The van der Waals surface area contributed by atoms with Crippen LogP contribution in [-0.2, 0) is 4.79 Å². The third kappa shape index (κ3) is 4.07. The van der Waals surface area contributed by atoms with E-state index in [1.165, 1.54) is 31.4 Å². The largest absolute Gasteiger partial charge is 0.497 e. The molecule has 0 radical (unpaired) electrons. The van der Waals surface area contributed by atoms with Crippen LogP contribution in [0.5, 0.6) is 17.2 Å². The molecule has 0 aliphatic heterocycles. The molecule has 0 spiro atoms.